The number of hydrogen-bond donors (Lipinski definition) is 1. The second-order valence-corrected chi connectivity index (χ2v) is 5.64. The minimum atomic E-state index is -1.06. The quantitative estimate of drug-likeness (QED) is 0.677. The number of benzene rings is 1. The summed E-state index contributed by atoms with van der Waals surface area (Å²) in [5.74, 6) is -0.816. The number of thioether (sulfide) groups is 1. The summed E-state index contributed by atoms with van der Waals surface area (Å²) in [7, 11) is 1.62. The molecule has 1 heterocycles. The molecule has 0 radical (unpaired) electrons. The first-order chi connectivity index (χ1) is 9.49. The van der Waals surface area contributed by atoms with Gasteiger partial charge in [-0.15, -0.1) is 0 Å². The van der Waals surface area contributed by atoms with E-state index < -0.39 is 12.6 Å². The van der Waals surface area contributed by atoms with Crippen molar-refractivity contribution in [3.8, 4) is 5.75 Å². The molecular weight excluding hydrogens is 298 g/mol. The van der Waals surface area contributed by atoms with Gasteiger partial charge in [-0.1, -0.05) is 42.2 Å². The average Bonchev–Trinajstić information content (AvgIpc) is 2.65. The molecule has 2 rings (SSSR count). The summed E-state index contributed by atoms with van der Waals surface area (Å²) in [5.41, 5.74) is 0.641. The first-order valence-electron chi connectivity index (χ1n) is 5.64. The highest BCUT2D eigenvalue weighted by molar-refractivity contribution is 8.26. The topological polar surface area (TPSA) is 66.8 Å². The Hall–Kier alpha value is -1.86. The molecule has 0 aromatic heterocycles. The van der Waals surface area contributed by atoms with Crippen LogP contribution in [0.25, 0.3) is 6.08 Å². The molecule has 5 nitrogen and oxygen atoms in total. The van der Waals surface area contributed by atoms with Crippen LogP contribution < -0.4 is 4.74 Å². The molecule has 1 aromatic rings. The van der Waals surface area contributed by atoms with Gasteiger partial charge in [0.05, 0.1) is 4.91 Å². The van der Waals surface area contributed by atoms with E-state index in [1.54, 1.807) is 37.4 Å². The van der Waals surface area contributed by atoms with E-state index in [9.17, 15) is 9.59 Å². The Kier molecular flexibility index (Phi) is 4.41. The van der Waals surface area contributed by atoms with Gasteiger partial charge in [-0.3, -0.25) is 9.69 Å². The highest BCUT2D eigenvalue weighted by atomic mass is 32.2. The van der Waals surface area contributed by atoms with Crippen LogP contribution in [-0.2, 0) is 9.59 Å². The standard InChI is InChI=1S/C13H11NO4S2/c1-14-12(17)10(20-13(14)19)6-8-4-2-3-5-9(8)18-7-11(15)16/h2-6H,7H2,1H3,(H,15,16)/b10-6+. The third kappa shape index (κ3) is 3.17. The van der Waals surface area contributed by atoms with Crippen molar-refractivity contribution in [1.82, 2.24) is 4.90 Å². The number of carbonyl (C=O) groups is 2. The Morgan fingerprint density at radius 2 is 2.20 bits per heavy atom. The van der Waals surface area contributed by atoms with E-state index in [0.717, 1.165) is 0 Å². The maximum Gasteiger partial charge on any atom is 0.341 e. The van der Waals surface area contributed by atoms with Crippen LogP contribution in [0.15, 0.2) is 29.2 Å². The van der Waals surface area contributed by atoms with Crippen LogP contribution in [0.2, 0.25) is 0 Å². The maximum absolute atomic E-state index is 11.9. The minimum absolute atomic E-state index is 0.173. The summed E-state index contributed by atoms with van der Waals surface area (Å²) in [6.45, 7) is -0.431. The molecule has 104 valence electrons. The summed E-state index contributed by atoms with van der Waals surface area (Å²) in [4.78, 5) is 24.3. The predicted molar refractivity (Wildman–Crippen MR) is 80.5 cm³/mol. The number of amides is 1. The van der Waals surface area contributed by atoms with Crippen molar-refractivity contribution >= 4 is 46.3 Å². The van der Waals surface area contributed by atoms with Gasteiger partial charge in [-0.25, -0.2) is 4.79 Å². The number of nitrogens with zero attached hydrogens (tertiary/aromatic N) is 1. The van der Waals surface area contributed by atoms with E-state index in [-0.39, 0.29) is 5.91 Å². The minimum Gasteiger partial charge on any atom is -0.481 e. The Balaban J connectivity index is 2.27. The number of carbonyl (C=O) groups excluding carboxylic acids is 1. The number of thiocarbonyl (C=S) groups is 1. The molecule has 0 atom stereocenters. The molecule has 1 amide bonds. The molecular formula is C13H11NO4S2. The number of likely N-dealkylation sites (N-methyl/N-ethyl adjacent to an activating group) is 1. The molecule has 1 aliphatic heterocycles. The van der Waals surface area contributed by atoms with Gasteiger partial charge >= 0.3 is 5.97 Å². The van der Waals surface area contributed by atoms with Gasteiger partial charge in [0.15, 0.2) is 6.61 Å². The Morgan fingerprint density at radius 3 is 2.80 bits per heavy atom. The van der Waals surface area contributed by atoms with Gasteiger partial charge in [-0.05, 0) is 12.1 Å². The number of aliphatic carboxylic acids is 1. The Bertz CT molecular complexity index is 612. The van der Waals surface area contributed by atoms with E-state index in [4.69, 9.17) is 22.1 Å². The number of carboxylic acids is 1. The fraction of sp³-hybridized carbons (Fsp3) is 0.154. The van der Waals surface area contributed by atoms with Crippen LogP contribution in [0, 0.1) is 0 Å². The van der Waals surface area contributed by atoms with Crippen LogP contribution in [0.3, 0.4) is 0 Å². The fourth-order valence-electron chi connectivity index (χ4n) is 1.56. The lowest BCUT2D eigenvalue weighted by molar-refractivity contribution is -0.139. The predicted octanol–water partition coefficient (Wildman–Crippen LogP) is 1.98. The van der Waals surface area contributed by atoms with Gasteiger partial charge in [-0.2, -0.15) is 0 Å². The molecule has 0 saturated carbocycles. The highest BCUT2D eigenvalue weighted by Gasteiger charge is 2.28. The molecule has 1 aromatic carbocycles. The van der Waals surface area contributed by atoms with Crippen LogP contribution >= 0.6 is 24.0 Å². The van der Waals surface area contributed by atoms with Gasteiger partial charge < -0.3 is 9.84 Å². The summed E-state index contributed by atoms with van der Waals surface area (Å²) in [6, 6.07) is 6.92. The summed E-state index contributed by atoms with van der Waals surface area (Å²) in [5, 5.41) is 8.64. The van der Waals surface area contributed by atoms with E-state index in [0.29, 0.717) is 20.5 Å². The first kappa shape index (κ1) is 14.5. The third-order valence-corrected chi connectivity index (χ3v) is 4.03. The number of para-hydroxylation sites is 1. The van der Waals surface area contributed by atoms with Crippen molar-refractivity contribution in [3.63, 3.8) is 0 Å². The zero-order valence-electron chi connectivity index (χ0n) is 10.5. The largest absolute Gasteiger partial charge is 0.481 e. The molecule has 20 heavy (non-hydrogen) atoms. The van der Waals surface area contributed by atoms with Crippen LogP contribution in [0.1, 0.15) is 5.56 Å². The van der Waals surface area contributed by atoms with Gasteiger partial charge in [0.2, 0.25) is 0 Å². The molecule has 0 bridgehead atoms. The lowest BCUT2D eigenvalue weighted by atomic mass is 10.2. The summed E-state index contributed by atoms with van der Waals surface area (Å²) in [6.07, 6.45) is 1.65. The van der Waals surface area contributed by atoms with Crippen molar-refractivity contribution < 1.29 is 19.4 Å². The first-order valence-corrected chi connectivity index (χ1v) is 6.86. The zero-order chi connectivity index (χ0) is 14.7. The molecule has 7 heteroatoms. The van der Waals surface area contributed by atoms with Crippen molar-refractivity contribution in [2.45, 2.75) is 0 Å². The van der Waals surface area contributed by atoms with Crippen LogP contribution in [0.5, 0.6) is 5.75 Å². The van der Waals surface area contributed by atoms with E-state index >= 15 is 0 Å². The van der Waals surface area contributed by atoms with Crippen LogP contribution in [0.4, 0.5) is 0 Å². The second kappa shape index (κ2) is 6.06. The lowest BCUT2D eigenvalue weighted by Gasteiger charge is -2.07. The van der Waals surface area contributed by atoms with Crippen molar-refractivity contribution in [2.24, 2.45) is 0 Å². The maximum atomic E-state index is 11.9. The normalized spacial score (nSPS) is 16.9. The molecule has 1 aliphatic rings. The second-order valence-electron chi connectivity index (χ2n) is 3.96. The molecule has 0 spiro atoms. The number of rotatable bonds is 4. The Morgan fingerprint density at radius 1 is 1.50 bits per heavy atom. The van der Waals surface area contributed by atoms with E-state index in [1.807, 2.05) is 0 Å². The average molecular weight is 309 g/mol. The van der Waals surface area contributed by atoms with Gasteiger partial charge in [0.25, 0.3) is 5.91 Å². The van der Waals surface area contributed by atoms with Crippen LogP contribution in [-0.4, -0.2) is 39.9 Å². The SMILES string of the molecule is CN1C(=O)/C(=C\c2ccccc2OCC(=O)O)SC1=S. The van der Waals surface area contributed by atoms with Gasteiger partial charge in [0.1, 0.15) is 10.1 Å². The number of carboxylic acid groups (broad SMARTS) is 1. The molecule has 1 N–H and O–H groups in total. The summed E-state index contributed by atoms with van der Waals surface area (Å²) < 4.78 is 5.68. The van der Waals surface area contributed by atoms with E-state index in [1.165, 1.54) is 16.7 Å². The smallest absolute Gasteiger partial charge is 0.341 e. The van der Waals surface area contributed by atoms with Crippen molar-refractivity contribution in [3.05, 3.63) is 34.7 Å². The molecule has 0 aliphatic carbocycles. The number of hydrogen-bond acceptors (Lipinski definition) is 5. The number of ether oxygens (including phenoxy) is 1. The molecule has 0 unspecified atom stereocenters. The third-order valence-electron chi connectivity index (χ3n) is 2.54. The zero-order valence-corrected chi connectivity index (χ0v) is 12.2. The van der Waals surface area contributed by atoms with Crippen molar-refractivity contribution in [2.75, 3.05) is 13.7 Å². The molecule has 1 fully saturated rings. The van der Waals surface area contributed by atoms with E-state index in [2.05, 4.69) is 0 Å². The van der Waals surface area contributed by atoms with Crippen molar-refractivity contribution in [1.29, 1.82) is 0 Å². The fourth-order valence-corrected chi connectivity index (χ4v) is 2.73. The highest BCUT2D eigenvalue weighted by Crippen LogP contribution is 2.33. The summed E-state index contributed by atoms with van der Waals surface area (Å²) >= 11 is 6.26. The van der Waals surface area contributed by atoms with Gasteiger partial charge in [0, 0.05) is 12.6 Å². The molecule has 1 saturated heterocycles. The Labute approximate surface area is 125 Å². The lowest BCUT2D eigenvalue weighted by Crippen LogP contribution is -2.22. The monoisotopic (exact) mass is 309 g/mol.